The van der Waals surface area contributed by atoms with Crippen molar-refractivity contribution in [1.29, 1.82) is 0 Å². The number of benzene rings is 2. The Labute approximate surface area is 117 Å². The number of nitrogens with one attached hydrogen (secondary N) is 1. The van der Waals surface area contributed by atoms with Crippen LogP contribution in [-0.4, -0.2) is 24.1 Å². The predicted octanol–water partition coefficient (Wildman–Crippen LogP) is 2.77. The molecule has 0 spiro atoms. The van der Waals surface area contributed by atoms with E-state index in [-0.39, 0.29) is 6.03 Å². The molecule has 0 saturated carbocycles. The average molecular weight is 266 g/mol. The van der Waals surface area contributed by atoms with Crippen molar-refractivity contribution in [2.75, 3.05) is 18.5 Å². The van der Waals surface area contributed by atoms with E-state index in [4.69, 9.17) is 4.74 Å². The summed E-state index contributed by atoms with van der Waals surface area (Å²) in [6.07, 6.45) is 0. The molecule has 1 N–H and O–H groups in total. The smallest absolute Gasteiger partial charge is 0.324 e. The molecule has 2 amide bonds. The standard InChI is InChI=1S/C16H14N2O2/c19-15-17-14-9-5-4-8-13(14)16(18(15)10-11-20-16)12-6-2-1-3-7-12/h1-9H,10-11H2,(H,17,19). The van der Waals surface area contributed by atoms with Crippen molar-refractivity contribution in [3.63, 3.8) is 0 Å². The lowest BCUT2D eigenvalue weighted by molar-refractivity contribution is -0.0325. The third-order valence-corrected chi connectivity index (χ3v) is 3.95. The maximum atomic E-state index is 12.4. The average Bonchev–Trinajstić information content (AvgIpc) is 2.95. The minimum absolute atomic E-state index is 0.106. The molecule has 1 saturated heterocycles. The number of para-hydroxylation sites is 1. The molecule has 0 aliphatic carbocycles. The van der Waals surface area contributed by atoms with Gasteiger partial charge in [-0.15, -0.1) is 0 Å². The summed E-state index contributed by atoms with van der Waals surface area (Å²) in [7, 11) is 0. The molecule has 4 rings (SSSR count). The molecule has 2 aliphatic heterocycles. The molecule has 1 atom stereocenters. The molecule has 1 unspecified atom stereocenters. The van der Waals surface area contributed by atoms with E-state index >= 15 is 0 Å². The van der Waals surface area contributed by atoms with Crippen LogP contribution >= 0.6 is 0 Å². The highest BCUT2D eigenvalue weighted by atomic mass is 16.5. The van der Waals surface area contributed by atoms with E-state index in [1.165, 1.54) is 0 Å². The zero-order valence-corrected chi connectivity index (χ0v) is 10.9. The Morgan fingerprint density at radius 2 is 1.80 bits per heavy atom. The van der Waals surface area contributed by atoms with Crippen LogP contribution in [0.15, 0.2) is 54.6 Å². The molecule has 2 aromatic carbocycles. The first-order valence-corrected chi connectivity index (χ1v) is 6.70. The fourth-order valence-corrected chi connectivity index (χ4v) is 3.12. The van der Waals surface area contributed by atoms with Gasteiger partial charge in [-0.3, -0.25) is 4.90 Å². The number of amides is 2. The van der Waals surface area contributed by atoms with Gasteiger partial charge in [0.1, 0.15) is 0 Å². The topological polar surface area (TPSA) is 41.6 Å². The molecule has 0 bridgehead atoms. The molecule has 0 aromatic heterocycles. The van der Waals surface area contributed by atoms with Crippen LogP contribution in [0.3, 0.4) is 0 Å². The Kier molecular flexibility index (Phi) is 2.35. The fraction of sp³-hybridized carbons (Fsp3) is 0.188. The highest BCUT2D eigenvalue weighted by molar-refractivity contribution is 5.94. The normalized spacial score (nSPS) is 24.0. The summed E-state index contributed by atoms with van der Waals surface area (Å²) in [4.78, 5) is 14.1. The van der Waals surface area contributed by atoms with Gasteiger partial charge in [0.15, 0.2) is 5.72 Å². The van der Waals surface area contributed by atoms with Crippen molar-refractivity contribution in [2.24, 2.45) is 0 Å². The number of fused-ring (bicyclic) bond motifs is 3. The second-order valence-electron chi connectivity index (χ2n) is 4.99. The number of nitrogens with zero attached hydrogens (tertiary/aromatic N) is 1. The van der Waals surface area contributed by atoms with Crippen LogP contribution in [0.2, 0.25) is 0 Å². The van der Waals surface area contributed by atoms with Crippen LogP contribution in [0.1, 0.15) is 11.1 Å². The zero-order chi connectivity index (χ0) is 13.6. The molecule has 4 heteroatoms. The van der Waals surface area contributed by atoms with E-state index in [1.54, 1.807) is 4.90 Å². The van der Waals surface area contributed by atoms with E-state index in [0.717, 1.165) is 16.8 Å². The van der Waals surface area contributed by atoms with E-state index in [1.807, 2.05) is 54.6 Å². The van der Waals surface area contributed by atoms with Gasteiger partial charge in [-0.2, -0.15) is 0 Å². The van der Waals surface area contributed by atoms with Crippen molar-refractivity contribution in [1.82, 2.24) is 4.90 Å². The van der Waals surface area contributed by atoms with Gasteiger partial charge in [0, 0.05) is 17.7 Å². The lowest BCUT2D eigenvalue weighted by Crippen LogP contribution is -2.52. The molecule has 1 fully saturated rings. The van der Waals surface area contributed by atoms with Crippen molar-refractivity contribution in [3.05, 3.63) is 65.7 Å². The highest BCUT2D eigenvalue weighted by Gasteiger charge is 2.52. The molecule has 2 heterocycles. The van der Waals surface area contributed by atoms with Crippen LogP contribution in [0.25, 0.3) is 0 Å². The Balaban J connectivity index is 2.01. The van der Waals surface area contributed by atoms with Crippen molar-refractivity contribution in [2.45, 2.75) is 5.72 Å². The van der Waals surface area contributed by atoms with Gasteiger partial charge in [-0.05, 0) is 6.07 Å². The maximum absolute atomic E-state index is 12.4. The first-order chi connectivity index (χ1) is 9.82. The second-order valence-corrected chi connectivity index (χ2v) is 4.99. The zero-order valence-electron chi connectivity index (χ0n) is 10.9. The Morgan fingerprint density at radius 1 is 1.05 bits per heavy atom. The van der Waals surface area contributed by atoms with Gasteiger partial charge in [0.05, 0.1) is 12.3 Å². The molecular weight excluding hydrogens is 252 g/mol. The third-order valence-electron chi connectivity index (χ3n) is 3.95. The number of hydrogen-bond acceptors (Lipinski definition) is 2. The SMILES string of the molecule is O=C1Nc2ccccc2C2(c3ccccc3)OCCN12. The van der Waals surface area contributed by atoms with Gasteiger partial charge >= 0.3 is 6.03 Å². The van der Waals surface area contributed by atoms with Crippen molar-refractivity contribution < 1.29 is 9.53 Å². The summed E-state index contributed by atoms with van der Waals surface area (Å²) in [5, 5.41) is 2.93. The Morgan fingerprint density at radius 3 is 2.65 bits per heavy atom. The van der Waals surface area contributed by atoms with Gasteiger partial charge in [0.2, 0.25) is 0 Å². The maximum Gasteiger partial charge on any atom is 0.324 e. The van der Waals surface area contributed by atoms with Crippen LogP contribution in [0.4, 0.5) is 10.5 Å². The number of ether oxygens (including phenoxy) is 1. The van der Waals surface area contributed by atoms with Gasteiger partial charge in [-0.25, -0.2) is 4.79 Å². The molecular formula is C16H14N2O2. The number of rotatable bonds is 1. The minimum atomic E-state index is -0.791. The third kappa shape index (κ3) is 1.37. The number of hydrogen-bond donors (Lipinski definition) is 1. The second kappa shape index (κ2) is 4.08. The summed E-state index contributed by atoms with van der Waals surface area (Å²) in [5.41, 5.74) is 2.00. The van der Waals surface area contributed by atoms with E-state index in [0.29, 0.717) is 13.2 Å². The predicted molar refractivity (Wildman–Crippen MR) is 75.3 cm³/mol. The van der Waals surface area contributed by atoms with E-state index < -0.39 is 5.72 Å². The van der Waals surface area contributed by atoms with Gasteiger partial charge < -0.3 is 10.1 Å². The molecule has 100 valence electrons. The first-order valence-electron chi connectivity index (χ1n) is 6.70. The molecule has 4 nitrogen and oxygen atoms in total. The fourth-order valence-electron chi connectivity index (χ4n) is 3.12. The van der Waals surface area contributed by atoms with Crippen molar-refractivity contribution >= 4 is 11.7 Å². The van der Waals surface area contributed by atoms with Gasteiger partial charge in [0.25, 0.3) is 0 Å². The summed E-state index contributed by atoms with van der Waals surface area (Å²) < 4.78 is 6.09. The molecule has 2 aliphatic rings. The number of carbonyl (C=O) groups is 1. The summed E-state index contributed by atoms with van der Waals surface area (Å²) in [6.45, 7) is 1.13. The van der Waals surface area contributed by atoms with E-state index in [2.05, 4.69) is 5.32 Å². The number of anilines is 1. The quantitative estimate of drug-likeness (QED) is 0.862. The monoisotopic (exact) mass is 266 g/mol. The van der Waals surface area contributed by atoms with E-state index in [9.17, 15) is 4.79 Å². The molecule has 0 radical (unpaired) electrons. The lowest BCUT2D eigenvalue weighted by atomic mass is 9.90. The molecule has 20 heavy (non-hydrogen) atoms. The summed E-state index contributed by atoms with van der Waals surface area (Å²) >= 11 is 0. The number of urea groups is 1. The van der Waals surface area contributed by atoms with Crippen molar-refractivity contribution in [3.8, 4) is 0 Å². The molecule has 2 aromatic rings. The highest BCUT2D eigenvalue weighted by Crippen LogP contribution is 2.46. The van der Waals surface area contributed by atoms with Crippen LogP contribution in [0.5, 0.6) is 0 Å². The minimum Gasteiger partial charge on any atom is -0.345 e. The Hall–Kier alpha value is -2.33. The lowest BCUT2D eigenvalue weighted by Gasteiger charge is -2.42. The Bertz CT molecular complexity index is 671. The largest absolute Gasteiger partial charge is 0.345 e. The summed E-state index contributed by atoms with van der Waals surface area (Å²) in [6, 6.07) is 17.6. The van der Waals surface area contributed by atoms with Gasteiger partial charge in [-0.1, -0.05) is 48.5 Å². The van der Waals surface area contributed by atoms with Crippen LogP contribution in [-0.2, 0) is 10.5 Å². The summed E-state index contributed by atoms with van der Waals surface area (Å²) in [5.74, 6) is 0. The number of carbonyl (C=O) groups excluding carboxylic acids is 1. The first kappa shape index (κ1) is 11.5. The van der Waals surface area contributed by atoms with Crippen LogP contribution in [0, 0.1) is 0 Å². The van der Waals surface area contributed by atoms with Crippen LogP contribution < -0.4 is 5.32 Å².